The highest BCUT2D eigenvalue weighted by molar-refractivity contribution is 6.30. The van der Waals surface area contributed by atoms with E-state index in [1.807, 2.05) is 85.9 Å². The number of aromatic nitrogens is 1. The molecule has 5 rings (SSSR count). The minimum absolute atomic E-state index is 0.0886. The summed E-state index contributed by atoms with van der Waals surface area (Å²) in [7, 11) is 0. The predicted octanol–water partition coefficient (Wildman–Crippen LogP) is 7.36. The zero-order chi connectivity index (χ0) is 25.6. The Labute approximate surface area is 222 Å². The maximum atomic E-state index is 13.7. The van der Waals surface area contributed by atoms with Crippen LogP contribution in [0.15, 0.2) is 121 Å². The molecule has 0 amide bonds. The van der Waals surface area contributed by atoms with Crippen LogP contribution in [-0.2, 0) is 9.53 Å². The minimum Gasteiger partial charge on any atom is -0.463 e. The molecule has 6 heteroatoms. The molecule has 5 nitrogen and oxygen atoms in total. The van der Waals surface area contributed by atoms with Crippen molar-refractivity contribution < 1.29 is 9.53 Å². The molecular weight excluding hydrogens is 482 g/mol. The molecule has 2 unspecified atom stereocenters. The van der Waals surface area contributed by atoms with Crippen LogP contribution in [0.2, 0.25) is 5.02 Å². The molecule has 0 spiro atoms. The van der Waals surface area contributed by atoms with Gasteiger partial charge in [0, 0.05) is 40.9 Å². The second-order valence-corrected chi connectivity index (χ2v) is 9.24. The fourth-order valence-corrected chi connectivity index (χ4v) is 5.03. The summed E-state index contributed by atoms with van der Waals surface area (Å²) in [6.45, 7) is 2.11. The summed E-state index contributed by atoms with van der Waals surface area (Å²) in [5, 5.41) is 4.24. The molecule has 0 aliphatic carbocycles. The standard InChI is InChI=1S/C31H28ClN3O2/c1-2-37-31(36)29-27(34-25-11-5-3-6-12-25)20-28(22-15-17-24(32)18-16-22)35(26-13-7-4-8-14-26)30(29)23-10-9-19-33-21-23/h3-19,21,28,30,34H,2,20H2,1H3. The lowest BCUT2D eigenvalue weighted by Crippen LogP contribution is -2.41. The van der Waals surface area contributed by atoms with E-state index < -0.39 is 6.04 Å². The molecule has 186 valence electrons. The maximum Gasteiger partial charge on any atom is 0.338 e. The van der Waals surface area contributed by atoms with Gasteiger partial charge in [0.1, 0.15) is 0 Å². The van der Waals surface area contributed by atoms with Crippen LogP contribution < -0.4 is 10.2 Å². The molecule has 0 fully saturated rings. The molecule has 1 aromatic heterocycles. The molecule has 0 saturated heterocycles. The van der Waals surface area contributed by atoms with Gasteiger partial charge in [-0.2, -0.15) is 0 Å². The third-order valence-electron chi connectivity index (χ3n) is 6.48. The largest absolute Gasteiger partial charge is 0.463 e. The summed E-state index contributed by atoms with van der Waals surface area (Å²) in [4.78, 5) is 20.4. The van der Waals surface area contributed by atoms with Crippen LogP contribution in [0.3, 0.4) is 0 Å². The van der Waals surface area contributed by atoms with Gasteiger partial charge in [0.15, 0.2) is 0 Å². The van der Waals surface area contributed by atoms with Crippen molar-refractivity contribution in [3.63, 3.8) is 0 Å². The van der Waals surface area contributed by atoms with Crippen molar-refractivity contribution in [3.8, 4) is 0 Å². The number of esters is 1. The van der Waals surface area contributed by atoms with Crippen molar-refractivity contribution in [3.05, 3.63) is 137 Å². The van der Waals surface area contributed by atoms with Crippen molar-refractivity contribution in [2.45, 2.75) is 25.4 Å². The average molecular weight is 510 g/mol. The SMILES string of the molecule is CCOC(=O)C1=C(Nc2ccccc2)CC(c2ccc(Cl)cc2)N(c2ccccc2)C1c1cccnc1. The van der Waals surface area contributed by atoms with Gasteiger partial charge in [-0.05, 0) is 60.5 Å². The van der Waals surface area contributed by atoms with E-state index >= 15 is 0 Å². The quantitative estimate of drug-likeness (QED) is 0.264. The fourth-order valence-electron chi connectivity index (χ4n) is 4.90. The first kappa shape index (κ1) is 24.6. The summed E-state index contributed by atoms with van der Waals surface area (Å²) in [6.07, 6.45) is 4.13. The topological polar surface area (TPSA) is 54.5 Å². The number of anilines is 2. The molecule has 0 bridgehead atoms. The first-order valence-corrected chi connectivity index (χ1v) is 12.7. The van der Waals surface area contributed by atoms with E-state index in [2.05, 4.69) is 39.5 Å². The van der Waals surface area contributed by atoms with Crippen LogP contribution in [0.1, 0.15) is 36.6 Å². The van der Waals surface area contributed by atoms with Crippen LogP contribution in [-0.4, -0.2) is 17.6 Å². The van der Waals surface area contributed by atoms with E-state index in [1.165, 1.54) is 0 Å². The molecule has 0 saturated carbocycles. The summed E-state index contributed by atoms with van der Waals surface area (Å²) in [5.41, 5.74) is 5.31. The molecule has 1 aliphatic heterocycles. The smallest absolute Gasteiger partial charge is 0.338 e. The summed E-state index contributed by atoms with van der Waals surface area (Å²) >= 11 is 6.26. The molecule has 3 aromatic carbocycles. The van der Waals surface area contributed by atoms with Gasteiger partial charge < -0.3 is 15.0 Å². The Balaban J connectivity index is 1.76. The molecule has 1 aliphatic rings. The maximum absolute atomic E-state index is 13.7. The second kappa shape index (κ2) is 11.3. The van der Waals surface area contributed by atoms with Crippen LogP contribution in [0.5, 0.6) is 0 Å². The molecule has 1 N–H and O–H groups in total. The van der Waals surface area contributed by atoms with Crippen molar-refractivity contribution in [1.29, 1.82) is 0 Å². The molecular formula is C31H28ClN3O2. The first-order valence-electron chi connectivity index (χ1n) is 12.4. The van der Waals surface area contributed by atoms with E-state index in [0.717, 1.165) is 28.2 Å². The minimum atomic E-state index is -0.434. The van der Waals surface area contributed by atoms with Crippen LogP contribution in [0.4, 0.5) is 11.4 Å². The van der Waals surface area contributed by atoms with Gasteiger partial charge in [0.2, 0.25) is 0 Å². The average Bonchev–Trinajstić information content (AvgIpc) is 2.94. The van der Waals surface area contributed by atoms with Crippen molar-refractivity contribution in [1.82, 2.24) is 4.98 Å². The Hall–Kier alpha value is -4.09. The van der Waals surface area contributed by atoms with Gasteiger partial charge in [-0.25, -0.2) is 4.79 Å². The number of para-hydroxylation sites is 2. The van der Waals surface area contributed by atoms with Gasteiger partial charge >= 0.3 is 5.97 Å². The van der Waals surface area contributed by atoms with E-state index in [4.69, 9.17) is 16.3 Å². The normalized spacial score (nSPS) is 17.4. The lowest BCUT2D eigenvalue weighted by Gasteiger charge is -2.45. The molecule has 2 heterocycles. The number of rotatable bonds is 7. The fraction of sp³-hybridized carbons (Fsp3) is 0.161. The number of ether oxygens (including phenoxy) is 1. The number of nitrogens with one attached hydrogen (secondary N) is 1. The predicted molar refractivity (Wildman–Crippen MR) is 148 cm³/mol. The Morgan fingerprint density at radius 2 is 1.65 bits per heavy atom. The number of halogens is 1. The Morgan fingerprint density at radius 3 is 2.30 bits per heavy atom. The Morgan fingerprint density at radius 1 is 0.946 bits per heavy atom. The highest BCUT2D eigenvalue weighted by Gasteiger charge is 2.41. The van der Waals surface area contributed by atoms with Crippen molar-refractivity contribution in [2.75, 3.05) is 16.8 Å². The number of hydrogen-bond acceptors (Lipinski definition) is 5. The molecule has 2 atom stereocenters. The summed E-state index contributed by atoms with van der Waals surface area (Å²) in [6, 6.07) is 31.4. The van der Waals surface area contributed by atoms with Crippen molar-refractivity contribution >= 4 is 28.9 Å². The van der Waals surface area contributed by atoms with E-state index in [-0.39, 0.29) is 18.6 Å². The lowest BCUT2D eigenvalue weighted by atomic mass is 9.84. The number of hydrogen-bond donors (Lipinski definition) is 1. The highest BCUT2D eigenvalue weighted by Crippen LogP contribution is 2.48. The summed E-state index contributed by atoms with van der Waals surface area (Å²) < 4.78 is 5.64. The number of nitrogens with zero attached hydrogens (tertiary/aromatic N) is 2. The van der Waals surface area contributed by atoms with Gasteiger partial charge in [-0.15, -0.1) is 0 Å². The number of pyridine rings is 1. The zero-order valence-electron chi connectivity index (χ0n) is 20.6. The monoisotopic (exact) mass is 509 g/mol. The number of benzene rings is 3. The van der Waals surface area contributed by atoms with E-state index in [0.29, 0.717) is 17.0 Å². The lowest BCUT2D eigenvalue weighted by molar-refractivity contribution is -0.139. The van der Waals surface area contributed by atoms with E-state index in [9.17, 15) is 4.79 Å². The molecule has 0 radical (unpaired) electrons. The number of carbonyl (C=O) groups excluding carboxylic acids is 1. The zero-order valence-corrected chi connectivity index (χ0v) is 21.3. The van der Waals surface area contributed by atoms with E-state index in [1.54, 1.807) is 6.20 Å². The second-order valence-electron chi connectivity index (χ2n) is 8.81. The van der Waals surface area contributed by atoms with Gasteiger partial charge in [-0.3, -0.25) is 4.98 Å². The number of carbonyl (C=O) groups is 1. The van der Waals surface area contributed by atoms with Gasteiger partial charge in [0.25, 0.3) is 0 Å². The van der Waals surface area contributed by atoms with Gasteiger partial charge in [0.05, 0.1) is 24.3 Å². The van der Waals surface area contributed by atoms with Crippen molar-refractivity contribution in [2.24, 2.45) is 0 Å². The summed E-state index contributed by atoms with van der Waals surface area (Å²) in [5.74, 6) is -0.342. The highest BCUT2D eigenvalue weighted by atomic mass is 35.5. The van der Waals surface area contributed by atoms with Crippen LogP contribution in [0, 0.1) is 0 Å². The third kappa shape index (κ3) is 5.37. The van der Waals surface area contributed by atoms with Crippen LogP contribution in [0.25, 0.3) is 0 Å². The third-order valence-corrected chi connectivity index (χ3v) is 6.74. The first-order chi connectivity index (χ1) is 18.2. The molecule has 37 heavy (non-hydrogen) atoms. The van der Waals surface area contributed by atoms with Crippen LogP contribution >= 0.6 is 11.6 Å². The Kier molecular flexibility index (Phi) is 7.52. The van der Waals surface area contributed by atoms with Gasteiger partial charge in [-0.1, -0.05) is 66.2 Å². The Bertz CT molecular complexity index is 1360. The molecule has 4 aromatic rings.